The highest BCUT2D eigenvalue weighted by Crippen LogP contribution is 2.21. The predicted octanol–water partition coefficient (Wildman–Crippen LogP) is 4.14. The fraction of sp³-hybridized carbons (Fsp3) is 0.409. The van der Waals surface area contributed by atoms with Crippen molar-refractivity contribution in [3.8, 4) is 5.75 Å². The Kier molecular flexibility index (Phi) is 6.63. The van der Waals surface area contributed by atoms with Gasteiger partial charge in [-0.25, -0.2) is 4.98 Å². The third-order valence-corrected chi connectivity index (χ3v) is 4.98. The van der Waals surface area contributed by atoms with Crippen LogP contribution >= 0.6 is 0 Å². The van der Waals surface area contributed by atoms with Crippen molar-refractivity contribution in [2.45, 2.75) is 45.6 Å². The van der Waals surface area contributed by atoms with Crippen LogP contribution in [-0.2, 0) is 0 Å². The normalized spacial score (nSPS) is 16.5. The molecule has 6 nitrogen and oxygen atoms in total. The third kappa shape index (κ3) is 4.68. The van der Waals surface area contributed by atoms with Gasteiger partial charge in [0.25, 0.3) is 11.8 Å². The van der Waals surface area contributed by atoms with Gasteiger partial charge in [0, 0.05) is 18.3 Å². The lowest BCUT2D eigenvalue weighted by Crippen LogP contribution is -2.43. The van der Waals surface area contributed by atoms with Gasteiger partial charge in [-0.1, -0.05) is 13.0 Å². The van der Waals surface area contributed by atoms with Gasteiger partial charge in [0.15, 0.2) is 0 Å². The number of hydrogen-bond donors (Lipinski definition) is 1. The number of anilines is 1. The lowest BCUT2D eigenvalue weighted by Gasteiger charge is -2.35. The summed E-state index contributed by atoms with van der Waals surface area (Å²) in [4.78, 5) is 31.7. The summed E-state index contributed by atoms with van der Waals surface area (Å²) in [6, 6.07) is 12.4. The Labute approximate surface area is 165 Å². The Morgan fingerprint density at radius 3 is 2.57 bits per heavy atom. The van der Waals surface area contributed by atoms with Crippen LogP contribution in [0.25, 0.3) is 0 Å². The van der Waals surface area contributed by atoms with Gasteiger partial charge < -0.3 is 15.0 Å². The number of nitrogens with one attached hydrogen (secondary N) is 1. The van der Waals surface area contributed by atoms with Crippen LogP contribution in [0.1, 0.15) is 60.5 Å². The number of nitrogens with zero attached hydrogens (tertiary/aromatic N) is 2. The molecule has 1 unspecified atom stereocenters. The molecule has 1 aromatic heterocycles. The van der Waals surface area contributed by atoms with Crippen molar-refractivity contribution < 1.29 is 14.3 Å². The van der Waals surface area contributed by atoms with Crippen LogP contribution in [0.4, 0.5) is 5.69 Å². The second-order valence-electron chi connectivity index (χ2n) is 6.88. The van der Waals surface area contributed by atoms with Crippen LogP contribution in [-0.4, -0.2) is 40.9 Å². The quantitative estimate of drug-likeness (QED) is 0.816. The molecule has 1 aliphatic rings. The minimum atomic E-state index is -0.343. The molecule has 1 aliphatic heterocycles. The molecule has 3 rings (SSSR count). The van der Waals surface area contributed by atoms with E-state index in [-0.39, 0.29) is 23.6 Å². The van der Waals surface area contributed by atoms with Gasteiger partial charge in [-0.05, 0) is 69.0 Å². The number of carbonyl (C=O) groups excluding carboxylic acids is 2. The molecule has 28 heavy (non-hydrogen) atoms. The number of likely N-dealkylation sites (tertiary alicyclic amines) is 1. The number of ether oxygens (including phenoxy) is 1. The third-order valence-electron chi connectivity index (χ3n) is 4.98. The summed E-state index contributed by atoms with van der Waals surface area (Å²) in [5.41, 5.74) is 1.19. The van der Waals surface area contributed by atoms with E-state index in [1.54, 1.807) is 42.5 Å². The van der Waals surface area contributed by atoms with Crippen LogP contribution in [0.3, 0.4) is 0 Å². The zero-order chi connectivity index (χ0) is 19.9. The number of hydrogen-bond acceptors (Lipinski definition) is 4. The molecule has 1 N–H and O–H groups in total. The van der Waals surface area contributed by atoms with E-state index in [9.17, 15) is 9.59 Å². The molecular formula is C22H27N3O3. The van der Waals surface area contributed by atoms with Crippen LogP contribution in [0.15, 0.2) is 42.5 Å². The molecule has 0 aliphatic carbocycles. The summed E-state index contributed by atoms with van der Waals surface area (Å²) in [6.07, 6.45) is 4.13. The first kappa shape index (κ1) is 19.9. The highest BCUT2D eigenvalue weighted by Gasteiger charge is 2.27. The van der Waals surface area contributed by atoms with Crippen molar-refractivity contribution in [1.82, 2.24) is 9.88 Å². The molecule has 1 fully saturated rings. The van der Waals surface area contributed by atoms with E-state index >= 15 is 0 Å². The summed E-state index contributed by atoms with van der Waals surface area (Å²) < 4.78 is 5.40. The number of amides is 2. The van der Waals surface area contributed by atoms with Gasteiger partial charge in [-0.2, -0.15) is 0 Å². The highest BCUT2D eigenvalue weighted by molar-refractivity contribution is 6.03. The zero-order valence-electron chi connectivity index (χ0n) is 16.5. The molecule has 1 atom stereocenters. The maximum atomic E-state index is 12.9. The van der Waals surface area contributed by atoms with Crippen LogP contribution in [0.5, 0.6) is 5.75 Å². The van der Waals surface area contributed by atoms with E-state index in [1.165, 1.54) is 0 Å². The van der Waals surface area contributed by atoms with Gasteiger partial charge in [-0.3, -0.25) is 9.59 Å². The minimum Gasteiger partial charge on any atom is -0.494 e. The molecule has 0 bridgehead atoms. The predicted molar refractivity (Wildman–Crippen MR) is 109 cm³/mol. The van der Waals surface area contributed by atoms with Crippen molar-refractivity contribution >= 4 is 17.5 Å². The first-order chi connectivity index (χ1) is 13.6. The monoisotopic (exact) mass is 381 g/mol. The zero-order valence-corrected chi connectivity index (χ0v) is 16.5. The summed E-state index contributed by atoms with van der Waals surface area (Å²) in [6.45, 7) is 5.36. The summed E-state index contributed by atoms with van der Waals surface area (Å²) in [5.74, 6) is 0.310. The Balaban J connectivity index is 1.71. The Morgan fingerprint density at radius 1 is 1.11 bits per heavy atom. The first-order valence-corrected chi connectivity index (χ1v) is 9.94. The molecular weight excluding hydrogens is 354 g/mol. The molecule has 1 saturated heterocycles. The Hall–Kier alpha value is -2.89. The molecule has 0 spiro atoms. The average Bonchev–Trinajstić information content (AvgIpc) is 2.75. The number of aromatic nitrogens is 1. The number of pyridine rings is 1. The van der Waals surface area contributed by atoms with Crippen molar-refractivity contribution in [2.24, 2.45) is 0 Å². The van der Waals surface area contributed by atoms with E-state index < -0.39 is 0 Å². The van der Waals surface area contributed by atoms with Crippen molar-refractivity contribution in [1.29, 1.82) is 0 Å². The summed E-state index contributed by atoms with van der Waals surface area (Å²) >= 11 is 0. The average molecular weight is 381 g/mol. The molecule has 1 aromatic carbocycles. The number of carbonyl (C=O) groups is 2. The molecule has 148 valence electrons. The van der Waals surface area contributed by atoms with Gasteiger partial charge in [-0.15, -0.1) is 0 Å². The molecule has 2 amide bonds. The van der Waals surface area contributed by atoms with Crippen molar-refractivity contribution in [3.05, 3.63) is 53.9 Å². The van der Waals surface area contributed by atoms with Crippen molar-refractivity contribution in [3.63, 3.8) is 0 Å². The van der Waals surface area contributed by atoms with Crippen molar-refractivity contribution in [2.75, 3.05) is 18.5 Å². The minimum absolute atomic E-state index is 0.0951. The fourth-order valence-corrected chi connectivity index (χ4v) is 3.52. The number of rotatable bonds is 6. The molecule has 2 heterocycles. The largest absolute Gasteiger partial charge is 0.494 e. The molecule has 2 aromatic rings. The van der Waals surface area contributed by atoms with Gasteiger partial charge in [0.1, 0.15) is 17.1 Å². The second-order valence-corrected chi connectivity index (χ2v) is 6.88. The lowest BCUT2D eigenvalue weighted by molar-refractivity contribution is 0.0602. The maximum absolute atomic E-state index is 12.9. The van der Waals surface area contributed by atoms with E-state index in [1.807, 2.05) is 11.8 Å². The Bertz CT molecular complexity index is 820. The van der Waals surface area contributed by atoms with E-state index in [2.05, 4.69) is 17.2 Å². The van der Waals surface area contributed by atoms with Gasteiger partial charge in [0.2, 0.25) is 0 Å². The Morgan fingerprint density at radius 2 is 1.86 bits per heavy atom. The first-order valence-electron chi connectivity index (χ1n) is 9.94. The van der Waals surface area contributed by atoms with E-state index in [0.717, 1.165) is 38.0 Å². The summed E-state index contributed by atoms with van der Waals surface area (Å²) in [7, 11) is 0. The highest BCUT2D eigenvalue weighted by atomic mass is 16.5. The van der Waals surface area contributed by atoms with Crippen LogP contribution in [0.2, 0.25) is 0 Å². The van der Waals surface area contributed by atoms with E-state index in [4.69, 9.17) is 4.74 Å². The van der Waals surface area contributed by atoms with E-state index in [0.29, 0.717) is 18.0 Å². The topological polar surface area (TPSA) is 71.5 Å². The summed E-state index contributed by atoms with van der Waals surface area (Å²) in [5, 5.41) is 2.81. The SMILES string of the molecule is CCOc1ccc(NC(=O)c2cccc(C(=O)N3CCCCC3CC)n2)cc1. The van der Waals surface area contributed by atoms with Gasteiger partial charge in [0.05, 0.1) is 6.61 Å². The maximum Gasteiger partial charge on any atom is 0.274 e. The number of benzene rings is 1. The standard InChI is InChI=1S/C22H27N3O3/c1-3-17-8-5-6-15-25(17)22(27)20-10-7-9-19(24-20)21(26)23-16-11-13-18(14-12-16)28-4-2/h7,9-14,17H,3-6,8,15H2,1-2H3,(H,23,26). The number of piperidine rings is 1. The fourth-order valence-electron chi connectivity index (χ4n) is 3.52. The molecule has 0 radical (unpaired) electrons. The van der Waals surface area contributed by atoms with Crippen LogP contribution < -0.4 is 10.1 Å². The smallest absolute Gasteiger partial charge is 0.274 e. The second kappa shape index (κ2) is 9.35. The molecule has 6 heteroatoms. The molecule has 0 saturated carbocycles. The lowest BCUT2D eigenvalue weighted by atomic mass is 9.99. The van der Waals surface area contributed by atoms with Gasteiger partial charge >= 0.3 is 0 Å². The van der Waals surface area contributed by atoms with Crippen LogP contribution in [0, 0.1) is 0 Å².